The smallest absolute Gasteiger partial charge is 0.360 e. The zero-order valence-electron chi connectivity index (χ0n) is 13.8. The minimum atomic E-state index is -4.31. The van der Waals surface area contributed by atoms with Crippen molar-refractivity contribution < 1.29 is 13.2 Å². The molecule has 0 spiro atoms. The third kappa shape index (κ3) is 4.29. The average Bonchev–Trinajstić information content (AvgIpc) is 2.82. The molecule has 2 heterocycles. The van der Waals surface area contributed by atoms with E-state index in [2.05, 4.69) is 20.2 Å². The van der Waals surface area contributed by atoms with Gasteiger partial charge in [-0.2, -0.15) is 22.8 Å². The normalized spacial score (nSPS) is 16.3. The van der Waals surface area contributed by atoms with Gasteiger partial charge in [0.1, 0.15) is 16.6 Å². The average molecular weight is 401 g/mol. The van der Waals surface area contributed by atoms with Gasteiger partial charge in [-0.15, -0.1) is 0 Å². The number of nitrogens with zero attached hydrogens (tertiary/aromatic N) is 4. The molecule has 0 atom stereocenters. The number of hydrogen-bond acceptors (Lipinski definition) is 5. The first kappa shape index (κ1) is 19.0. The Morgan fingerprint density at radius 1 is 1.15 bits per heavy atom. The third-order valence-electron chi connectivity index (χ3n) is 4.31. The molecule has 0 N–H and O–H groups in total. The number of anilines is 1. The van der Waals surface area contributed by atoms with E-state index in [-0.39, 0.29) is 5.15 Å². The first-order valence-corrected chi connectivity index (χ1v) is 9.22. The zero-order chi connectivity index (χ0) is 18.7. The maximum atomic E-state index is 12.6. The molecule has 2 aromatic rings. The predicted molar refractivity (Wildman–Crippen MR) is 95.4 cm³/mol. The van der Waals surface area contributed by atoms with Crippen molar-refractivity contribution in [3.05, 3.63) is 46.1 Å². The summed E-state index contributed by atoms with van der Waals surface area (Å²) in [6, 6.07) is 7.40. The third-order valence-corrected chi connectivity index (χ3v) is 5.59. The molecule has 1 aliphatic heterocycles. The fraction of sp³-hybridized carbons (Fsp3) is 0.412. The molecular weight excluding hydrogens is 385 g/mol. The van der Waals surface area contributed by atoms with Crippen molar-refractivity contribution in [2.45, 2.75) is 19.1 Å². The van der Waals surface area contributed by atoms with Crippen LogP contribution in [0.5, 0.6) is 0 Å². The van der Waals surface area contributed by atoms with Crippen LogP contribution >= 0.6 is 23.1 Å². The summed E-state index contributed by atoms with van der Waals surface area (Å²) >= 11 is 7.17. The minimum Gasteiger partial charge on any atom is -0.360 e. The Bertz CT molecular complexity index is 798. The topological polar surface area (TPSA) is 43.2 Å². The van der Waals surface area contributed by atoms with Gasteiger partial charge in [0.15, 0.2) is 5.15 Å². The van der Waals surface area contributed by atoms with Gasteiger partial charge in [-0.05, 0) is 35.6 Å². The van der Waals surface area contributed by atoms with E-state index in [1.54, 1.807) is 0 Å². The number of aromatic nitrogens is 1. The number of halogens is 4. The van der Waals surface area contributed by atoms with Crippen molar-refractivity contribution >= 4 is 28.1 Å². The van der Waals surface area contributed by atoms with E-state index in [0.29, 0.717) is 18.7 Å². The quantitative estimate of drug-likeness (QED) is 0.766. The van der Waals surface area contributed by atoms with Crippen LogP contribution in [0.15, 0.2) is 24.3 Å². The van der Waals surface area contributed by atoms with Crippen LogP contribution in [0.1, 0.15) is 23.1 Å². The van der Waals surface area contributed by atoms with E-state index in [0.717, 1.165) is 48.8 Å². The summed E-state index contributed by atoms with van der Waals surface area (Å²) in [7, 11) is 0. The lowest BCUT2D eigenvalue weighted by molar-refractivity contribution is -0.137. The van der Waals surface area contributed by atoms with Crippen LogP contribution in [0, 0.1) is 11.3 Å². The first-order chi connectivity index (χ1) is 12.4. The van der Waals surface area contributed by atoms with E-state index in [1.165, 1.54) is 23.7 Å². The highest BCUT2D eigenvalue weighted by molar-refractivity contribution is 7.10. The number of alkyl halides is 3. The molecular formula is C17H16ClF3N4S. The molecule has 26 heavy (non-hydrogen) atoms. The van der Waals surface area contributed by atoms with E-state index in [9.17, 15) is 18.4 Å². The van der Waals surface area contributed by atoms with Crippen molar-refractivity contribution in [3.63, 3.8) is 0 Å². The number of nitriles is 1. The SMILES string of the molecule is N#Cc1c(Cl)nsc1N1CCCN(Cc2ccc(C(F)(F)F)cc2)CC1. The summed E-state index contributed by atoms with van der Waals surface area (Å²) in [5, 5.41) is 10.3. The molecule has 3 rings (SSSR count). The van der Waals surface area contributed by atoms with Gasteiger partial charge >= 0.3 is 6.18 Å². The maximum absolute atomic E-state index is 12.6. The van der Waals surface area contributed by atoms with E-state index >= 15 is 0 Å². The molecule has 9 heteroatoms. The standard InChI is InChI=1S/C17H16ClF3N4S/c18-15-14(10-22)16(26-23-15)25-7-1-6-24(8-9-25)11-12-2-4-13(5-3-12)17(19,20)21/h2-5H,1,6-9,11H2. The molecule has 138 valence electrons. The van der Waals surface area contributed by atoms with Crippen LogP contribution in [0.4, 0.5) is 18.2 Å². The molecule has 0 bridgehead atoms. The Balaban J connectivity index is 1.63. The van der Waals surface area contributed by atoms with E-state index in [4.69, 9.17) is 11.6 Å². The van der Waals surface area contributed by atoms with Crippen LogP contribution < -0.4 is 4.90 Å². The fourth-order valence-electron chi connectivity index (χ4n) is 2.96. The molecule has 1 aromatic heterocycles. The Hall–Kier alpha value is -1.82. The van der Waals surface area contributed by atoms with Crippen LogP contribution in [-0.4, -0.2) is 35.5 Å². The van der Waals surface area contributed by atoms with Crippen LogP contribution in [0.25, 0.3) is 0 Å². The largest absolute Gasteiger partial charge is 0.416 e. The van der Waals surface area contributed by atoms with E-state index < -0.39 is 11.7 Å². The maximum Gasteiger partial charge on any atom is 0.416 e. The summed E-state index contributed by atoms with van der Waals surface area (Å²) < 4.78 is 42.0. The molecule has 4 nitrogen and oxygen atoms in total. The second kappa shape index (κ2) is 7.82. The van der Waals surface area contributed by atoms with Crippen molar-refractivity contribution in [3.8, 4) is 6.07 Å². The van der Waals surface area contributed by atoms with Crippen LogP contribution in [0.3, 0.4) is 0 Å². The zero-order valence-corrected chi connectivity index (χ0v) is 15.3. The molecule has 1 saturated heterocycles. The van der Waals surface area contributed by atoms with Crippen LogP contribution in [0.2, 0.25) is 5.15 Å². The fourth-order valence-corrected chi connectivity index (χ4v) is 4.04. The summed E-state index contributed by atoms with van der Waals surface area (Å²) in [6.07, 6.45) is -3.42. The van der Waals surface area contributed by atoms with Gasteiger partial charge in [-0.25, -0.2) is 0 Å². The molecule has 0 saturated carbocycles. The molecule has 1 aliphatic rings. The molecule has 1 fully saturated rings. The second-order valence-electron chi connectivity index (χ2n) is 6.08. The van der Waals surface area contributed by atoms with Gasteiger partial charge in [0, 0.05) is 32.7 Å². The summed E-state index contributed by atoms with van der Waals surface area (Å²) in [5.41, 5.74) is 0.632. The van der Waals surface area contributed by atoms with Gasteiger partial charge < -0.3 is 4.90 Å². The summed E-state index contributed by atoms with van der Waals surface area (Å²) in [6.45, 7) is 3.69. The molecule has 0 amide bonds. The molecule has 0 radical (unpaired) electrons. The number of benzene rings is 1. The lowest BCUT2D eigenvalue weighted by Crippen LogP contribution is -2.30. The van der Waals surface area contributed by atoms with Gasteiger partial charge in [-0.1, -0.05) is 23.7 Å². The van der Waals surface area contributed by atoms with Gasteiger partial charge in [0.25, 0.3) is 0 Å². The Kier molecular flexibility index (Phi) is 5.70. The highest BCUT2D eigenvalue weighted by Gasteiger charge is 2.30. The highest BCUT2D eigenvalue weighted by Crippen LogP contribution is 2.32. The van der Waals surface area contributed by atoms with Crippen molar-refractivity contribution in [2.75, 3.05) is 31.1 Å². The van der Waals surface area contributed by atoms with Crippen molar-refractivity contribution in [1.82, 2.24) is 9.27 Å². The number of rotatable bonds is 3. The Morgan fingerprint density at radius 2 is 1.88 bits per heavy atom. The monoisotopic (exact) mass is 400 g/mol. The van der Waals surface area contributed by atoms with E-state index in [1.807, 2.05) is 0 Å². The second-order valence-corrected chi connectivity index (χ2v) is 7.19. The Morgan fingerprint density at radius 3 is 2.54 bits per heavy atom. The van der Waals surface area contributed by atoms with Gasteiger partial charge in [0.05, 0.1) is 5.56 Å². The Labute approximate surface area is 158 Å². The van der Waals surface area contributed by atoms with Crippen molar-refractivity contribution in [1.29, 1.82) is 5.26 Å². The highest BCUT2D eigenvalue weighted by atomic mass is 35.5. The molecule has 1 aromatic carbocycles. The van der Waals surface area contributed by atoms with Crippen molar-refractivity contribution in [2.24, 2.45) is 0 Å². The predicted octanol–water partition coefficient (Wildman–Crippen LogP) is 4.40. The lowest BCUT2D eigenvalue weighted by atomic mass is 10.1. The lowest BCUT2D eigenvalue weighted by Gasteiger charge is -2.22. The van der Waals surface area contributed by atoms with Crippen LogP contribution in [-0.2, 0) is 12.7 Å². The summed E-state index contributed by atoms with van der Waals surface area (Å²) in [5.74, 6) is 0. The van der Waals surface area contributed by atoms with Gasteiger partial charge in [0.2, 0.25) is 0 Å². The minimum absolute atomic E-state index is 0.235. The molecule has 0 unspecified atom stereocenters. The molecule has 0 aliphatic carbocycles. The number of hydrogen-bond donors (Lipinski definition) is 0. The summed E-state index contributed by atoms with van der Waals surface area (Å²) in [4.78, 5) is 4.31. The first-order valence-electron chi connectivity index (χ1n) is 8.07. The van der Waals surface area contributed by atoms with Gasteiger partial charge in [-0.3, -0.25) is 4.90 Å².